The molecule has 0 radical (unpaired) electrons. The number of alkyl halides is 1. The monoisotopic (exact) mass is 598 g/mol. The van der Waals surface area contributed by atoms with E-state index < -0.39 is 82.2 Å². The first-order valence-electron chi connectivity index (χ1n) is 13.7. The average molecular weight is 599 g/mol. The molecule has 4 N–H and O–H groups in total. The van der Waals surface area contributed by atoms with Crippen LogP contribution in [0.4, 0.5) is 9.18 Å². The zero-order valence-corrected chi connectivity index (χ0v) is 23.2. The van der Waals surface area contributed by atoms with Crippen LogP contribution in [0.2, 0.25) is 0 Å². The second kappa shape index (κ2) is 11.3. The van der Waals surface area contributed by atoms with Gasteiger partial charge in [-0.3, -0.25) is 14.4 Å². The van der Waals surface area contributed by atoms with E-state index in [0.29, 0.717) is 12.0 Å². The van der Waals surface area contributed by atoms with E-state index in [4.69, 9.17) is 9.47 Å². The van der Waals surface area contributed by atoms with E-state index in [1.165, 1.54) is 25.2 Å². The van der Waals surface area contributed by atoms with Crippen LogP contribution in [0.3, 0.4) is 0 Å². The number of fused-ring (bicyclic) bond motifs is 5. The molecular weight excluding hydrogens is 563 g/mol. The first kappa shape index (κ1) is 31.5. The third-order valence-corrected chi connectivity index (χ3v) is 9.75. The van der Waals surface area contributed by atoms with Crippen molar-refractivity contribution in [1.82, 2.24) is 5.32 Å². The van der Waals surface area contributed by atoms with Gasteiger partial charge in [0.15, 0.2) is 23.7 Å². The van der Waals surface area contributed by atoms with Crippen molar-refractivity contribution < 1.29 is 58.3 Å². The summed E-state index contributed by atoms with van der Waals surface area (Å²) >= 11 is 0. The maximum Gasteiger partial charge on any atom is 0.407 e. The van der Waals surface area contributed by atoms with Crippen molar-refractivity contribution in [1.29, 1.82) is 0 Å². The second-order valence-electron chi connectivity index (χ2n) is 11.8. The zero-order chi connectivity index (χ0) is 31.1. The molecule has 1 amide bonds. The lowest BCUT2D eigenvalue weighted by molar-refractivity contribution is -0.757. The number of Topliss-reactive ketones (excluding diaryl/α,β-unsaturated/α-hetero) is 1. The van der Waals surface area contributed by atoms with E-state index in [1.54, 1.807) is 6.92 Å². The summed E-state index contributed by atoms with van der Waals surface area (Å²) in [7, 11) is 0. The maximum atomic E-state index is 17.1. The summed E-state index contributed by atoms with van der Waals surface area (Å²) in [5, 5.41) is 45.1. The number of nitrogens with zero attached hydrogens (tertiary/aromatic N) is 1. The van der Waals surface area contributed by atoms with Crippen LogP contribution in [0, 0.1) is 32.8 Å². The molecule has 0 saturated heterocycles. The van der Waals surface area contributed by atoms with Crippen molar-refractivity contribution in [3.8, 4) is 0 Å². The molecule has 0 heterocycles. The number of hydrogen-bond acceptors (Lipinski definition) is 12. The molecule has 0 aromatic carbocycles. The van der Waals surface area contributed by atoms with Gasteiger partial charge in [0.25, 0.3) is 5.09 Å². The van der Waals surface area contributed by atoms with Gasteiger partial charge in [0.05, 0.1) is 25.4 Å². The van der Waals surface area contributed by atoms with Gasteiger partial charge in [-0.1, -0.05) is 18.6 Å². The molecule has 0 aromatic rings. The number of ketones is 2. The van der Waals surface area contributed by atoms with Crippen LogP contribution < -0.4 is 5.32 Å². The number of carbonyl (C=O) groups excluding carboxylic acids is 4. The van der Waals surface area contributed by atoms with E-state index >= 15 is 4.39 Å². The highest BCUT2D eigenvalue weighted by atomic mass is 19.1. The van der Waals surface area contributed by atoms with Crippen molar-refractivity contribution in [3.63, 3.8) is 0 Å². The maximum absolute atomic E-state index is 17.1. The number of hydrogen-bond donors (Lipinski definition) is 4. The number of alkyl carbamates (subject to hydrolysis) is 1. The molecule has 2 unspecified atom stereocenters. The molecule has 232 valence electrons. The average Bonchev–Trinajstić information content (AvgIpc) is 3.12. The SMILES string of the molecule is C[C@]12C=CC(=O)C=C1CCC1C3C[C@@H](O)[C@](O)(C(=O)COC(=O)CNC(=O)OCCCO[N+](=O)[O-])[C@@]3(C)C[C@H](O)[C@@]12F. The minimum absolute atomic E-state index is 0.0284. The largest absolute Gasteiger partial charge is 0.456 e. The molecule has 4 rings (SSSR count). The van der Waals surface area contributed by atoms with Gasteiger partial charge in [0, 0.05) is 23.2 Å². The van der Waals surface area contributed by atoms with Crippen LogP contribution in [0.5, 0.6) is 0 Å². The van der Waals surface area contributed by atoms with Crippen LogP contribution in [0.1, 0.15) is 46.0 Å². The predicted octanol–water partition coefficient (Wildman–Crippen LogP) is 0.496. The molecule has 8 atom stereocenters. The topological polar surface area (TPSA) is 212 Å². The fraction of sp³-hybridized carbons (Fsp3) is 0.704. The highest BCUT2D eigenvalue weighted by Gasteiger charge is 2.76. The molecule has 15 heteroatoms. The summed E-state index contributed by atoms with van der Waals surface area (Å²) in [6.07, 6.45) is -0.0549. The fourth-order valence-corrected chi connectivity index (χ4v) is 7.59. The third kappa shape index (κ3) is 4.96. The van der Waals surface area contributed by atoms with E-state index in [1.807, 2.05) is 0 Å². The van der Waals surface area contributed by atoms with Crippen molar-refractivity contribution in [2.75, 3.05) is 26.4 Å². The molecule has 3 saturated carbocycles. The first-order valence-corrected chi connectivity index (χ1v) is 13.7. The minimum Gasteiger partial charge on any atom is -0.456 e. The Labute approximate surface area is 240 Å². The number of aliphatic hydroxyl groups is 3. The first-order chi connectivity index (χ1) is 19.6. The Hall–Kier alpha value is -3.43. The molecule has 14 nitrogen and oxygen atoms in total. The number of esters is 1. The number of aliphatic hydroxyl groups excluding tert-OH is 2. The highest BCUT2D eigenvalue weighted by molar-refractivity contribution is 6.01. The molecule has 0 aromatic heterocycles. The van der Waals surface area contributed by atoms with Gasteiger partial charge in [0.2, 0.25) is 5.78 Å². The molecule has 0 bridgehead atoms. The van der Waals surface area contributed by atoms with Gasteiger partial charge in [-0.05, 0) is 50.7 Å². The Balaban J connectivity index is 1.39. The summed E-state index contributed by atoms with van der Waals surface area (Å²) in [5.41, 5.74) is -6.88. The van der Waals surface area contributed by atoms with Crippen LogP contribution in [-0.2, 0) is 28.7 Å². The predicted molar refractivity (Wildman–Crippen MR) is 138 cm³/mol. The van der Waals surface area contributed by atoms with E-state index in [2.05, 4.69) is 10.2 Å². The van der Waals surface area contributed by atoms with Crippen LogP contribution in [-0.4, -0.2) is 93.9 Å². The Morgan fingerprint density at radius 3 is 2.57 bits per heavy atom. The summed E-state index contributed by atoms with van der Waals surface area (Å²) in [4.78, 5) is 63.2. The van der Waals surface area contributed by atoms with Crippen LogP contribution >= 0.6 is 0 Å². The number of nitrogens with one attached hydrogen (secondary N) is 1. The van der Waals surface area contributed by atoms with Crippen molar-refractivity contribution in [2.45, 2.75) is 69.4 Å². The third-order valence-electron chi connectivity index (χ3n) is 9.75. The van der Waals surface area contributed by atoms with Crippen LogP contribution in [0.25, 0.3) is 0 Å². The Bertz CT molecular complexity index is 1220. The normalized spacial score (nSPS) is 38.3. The standard InChI is InChI=1S/C27H35FN2O12/c1-24-7-6-16(31)10-15(24)4-5-17-18-11-19(32)27(37,25(18,2)12-20(33)26(17,24)28)21(34)14-41-22(35)13-29-23(36)40-8-3-9-42-30(38)39/h6-7,10,17-20,32-33,37H,3-5,8-9,11-14H2,1-2H3,(H,29,36)/t17?,18?,19-,20+,24+,25+,26+,27+/m1/s1. The fourth-order valence-electron chi connectivity index (χ4n) is 7.59. The summed E-state index contributed by atoms with van der Waals surface area (Å²) < 4.78 is 26.8. The Morgan fingerprint density at radius 1 is 1.17 bits per heavy atom. The van der Waals surface area contributed by atoms with Gasteiger partial charge in [0.1, 0.15) is 6.54 Å². The van der Waals surface area contributed by atoms with Crippen LogP contribution in [0.15, 0.2) is 23.8 Å². The molecule has 0 aliphatic heterocycles. The number of rotatable bonds is 10. The highest BCUT2D eigenvalue weighted by Crippen LogP contribution is 2.69. The smallest absolute Gasteiger partial charge is 0.407 e. The number of ether oxygens (including phenoxy) is 2. The van der Waals surface area contributed by atoms with E-state index in [0.717, 1.165) is 0 Å². The Morgan fingerprint density at radius 2 is 1.88 bits per heavy atom. The van der Waals surface area contributed by atoms with E-state index in [-0.39, 0.29) is 44.7 Å². The molecular formula is C27H35FN2O12. The van der Waals surface area contributed by atoms with Gasteiger partial charge in [-0.25, -0.2) is 9.18 Å². The lowest BCUT2D eigenvalue weighted by Crippen LogP contribution is -2.69. The second-order valence-corrected chi connectivity index (χ2v) is 11.8. The lowest BCUT2D eigenvalue weighted by Gasteiger charge is -2.62. The number of amides is 1. The van der Waals surface area contributed by atoms with Gasteiger partial charge in [-0.2, -0.15) is 0 Å². The number of carbonyl (C=O) groups is 4. The van der Waals surface area contributed by atoms with E-state index in [9.17, 15) is 44.6 Å². The summed E-state index contributed by atoms with van der Waals surface area (Å²) in [6.45, 7) is 0.957. The molecule has 3 fully saturated rings. The lowest BCUT2D eigenvalue weighted by atomic mass is 9.44. The quantitative estimate of drug-likeness (QED) is 0.117. The Kier molecular flexibility index (Phi) is 8.50. The zero-order valence-electron chi connectivity index (χ0n) is 23.2. The van der Waals surface area contributed by atoms with Crippen molar-refractivity contribution >= 4 is 23.6 Å². The molecule has 0 spiro atoms. The molecule has 4 aliphatic rings. The van der Waals surface area contributed by atoms with Gasteiger partial charge >= 0.3 is 12.1 Å². The van der Waals surface area contributed by atoms with Crippen molar-refractivity contribution in [2.24, 2.45) is 22.7 Å². The van der Waals surface area contributed by atoms with Gasteiger partial charge in [-0.15, -0.1) is 10.1 Å². The molecule has 4 aliphatic carbocycles. The molecule has 42 heavy (non-hydrogen) atoms. The van der Waals surface area contributed by atoms with Gasteiger partial charge < -0.3 is 34.9 Å². The number of allylic oxidation sites excluding steroid dienone is 4. The van der Waals surface area contributed by atoms with Crippen molar-refractivity contribution in [3.05, 3.63) is 33.9 Å². The summed E-state index contributed by atoms with van der Waals surface area (Å²) in [5.74, 6) is -3.93. The minimum atomic E-state index is -2.46. The number of halogens is 1. The summed E-state index contributed by atoms with van der Waals surface area (Å²) in [6, 6.07) is 0.